The topological polar surface area (TPSA) is 134 Å². The number of esters is 1. The summed E-state index contributed by atoms with van der Waals surface area (Å²) in [5, 5.41) is 15.3. The maximum Gasteiger partial charge on any atom is 0.338 e. The van der Waals surface area contributed by atoms with Crippen LogP contribution in [0.1, 0.15) is 49.4 Å². The summed E-state index contributed by atoms with van der Waals surface area (Å²) in [6.07, 6.45) is 1.28. The van der Waals surface area contributed by atoms with Crippen LogP contribution in [0.15, 0.2) is 46.0 Å². The fraction of sp³-hybridized carbons (Fsp3) is 0.500. The van der Waals surface area contributed by atoms with Gasteiger partial charge in [-0.2, -0.15) is 0 Å². The third kappa shape index (κ3) is 6.34. The highest BCUT2D eigenvalue weighted by molar-refractivity contribution is 7.11. The van der Waals surface area contributed by atoms with Crippen LogP contribution < -0.4 is 5.32 Å². The molecule has 1 aromatic carbocycles. The lowest BCUT2D eigenvalue weighted by atomic mass is 9.89. The lowest BCUT2D eigenvalue weighted by Gasteiger charge is -2.38. The number of hydrogen-bond donors (Lipinski definition) is 2. The normalized spacial score (nSPS) is 22.6. The van der Waals surface area contributed by atoms with Gasteiger partial charge in [-0.05, 0) is 44.9 Å². The molecule has 11 nitrogen and oxygen atoms in total. The fourth-order valence-corrected chi connectivity index (χ4v) is 6.28. The molecular formula is C30H36FN5O6S. The Kier molecular flexibility index (Phi) is 8.95. The van der Waals surface area contributed by atoms with E-state index in [4.69, 9.17) is 14.5 Å². The second-order valence-corrected chi connectivity index (χ2v) is 12.4. The molecule has 1 aromatic heterocycles. The quantitative estimate of drug-likeness (QED) is 0.410. The van der Waals surface area contributed by atoms with Gasteiger partial charge < -0.3 is 24.8 Å². The molecule has 3 aliphatic rings. The summed E-state index contributed by atoms with van der Waals surface area (Å²) >= 11 is 1.39. The standard InChI is InChI=1S/C30H36FN5O6S/c1-5-41-28(38)24-20(33-26(27-32-9-12-43-27)34-25(24)18-7-6-8-19(31)17(18)2)14-35-10-11-42-22-16-36(15-21(22)35)23(37)13-30(3,4)29(39)40/h6-9,12,21-22,25H,5,10-11,13-16H2,1-4H3,(H,33,34)(H,39,40)/t21-,22+,25?/m1/s1. The predicted molar refractivity (Wildman–Crippen MR) is 157 cm³/mol. The first-order chi connectivity index (χ1) is 20.5. The van der Waals surface area contributed by atoms with Gasteiger partial charge in [-0.25, -0.2) is 14.2 Å². The number of carbonyl (C=O) groups is 3. The van der Waals surface area contributed by atoms with Gasteiger partial charge in [-0.15, -0.1) is 11.3 Å². The van der Waals surface area contributed by atoms with Gasteiger partial charge in [0.15, 0.2) is 10.8 Å². The number of halogens is 1. The van der Waals surface area contributed by atoms with E-state index in [1.165, 1.54) is 31.3 Å². The summed E-state index contributed by atoms with van der Waals surface area (Å²) in [7, 11) is 0. The van der Waals surface area contributed by atoms with E-state index in [0.717, 1.165) is 0 Å². The number of thiazole rings is 1. The Morgan fingerprint density at radius 3 is 2.77 bits per heavy atom. The molecule has 2 aromatic rings. The molecule has 3 aliphatic heterocycles. The number of aromatic nitrogens is 1. The van der Waals surface area contributed by atoms with Crippen molar-refractivity contribution in [2.24, 2.45) is 10.4 Å². The monoisotopic (exact) mass is 613 g/mol. The zero-order chi connectivity index (χ0) is 30.9. The molecule has 2 saturated heterocycles. The number of likely N-dealkylation sites (tertiary alicyclic amines) is 1. The number of carbonyl (C=O) groups excluding carboxylic acids is 2. The minimum Gasteiger partial charge on any atom is -0.481 e. The Balaban J connectivity index is 1.49. The molecular weight excluding hydrogens is 577 g/mol. The number of hydrogen-bond acceptors (Lipinski definition) is 10. The first-order valence-electron chi connectivity index (χ1n) is 14.3. The van der Waals surface area contributed by atoms with Crippen molar-refractivity contribution in [1.29, 1.82) is 0 Å². The second kappa shape index (κ2) is 12.5. The number of amides is 1. The molecule has 13 heteroatoms. The van der Waals surface area contributed by atoms with Crippen LogP contribution in [0.3, 0.4) is 0 Å². The summed E-state index contributed by atoms with van der Waals surface area (Å²) in [6.45, 7) is 8.58. The van der Waals surface area contributed by atoms with Crippen LogP contribution in [0.4, 0.5) is 4.39 Å². The molecule has 0 saturated carbocycles. The zero-order valence-corrected chi connectivity index (χ0v) is 25.4. The number of nitrogens with one attached hydrogen (secondary N) is 1. The molecule has 0 bridgehead atoms. The molecule has 2 N–H and O–H groups in total. The van der Waals surface area contributed by atoms with E-state index in [1.807, 2.05) is 5.38 Å². The van der Waals surface area contributed by atoms with Crippen molar-refractivity contribution in [2.45, 2.75) is 52.3 Å². The predicted octanol–water partition coefficient (Wildman–Crippen LogP) is 2.91. The number of carboxylic acid groups (broad SMARTS) is 1. The van der Waals surface area contributed by atoms with Gasteiger partial charge in [0.1, 0.15) is 11.9 Å². The minimum absolute atomic E-state index is 0.121. The van der Waals surface area contributed by atoms with Gasteiger partial charge in [0.05, 0.1) is 36.3 Å². The Morgan fingerprint density at radius 2 is 2.07 bits per heavy atom. The number of morpholine rings is 1. The molecule has 1 unspecified atom stereocenters. The molecule has 43 heavy (non-hydrogen) atoms. The molecule has 1 amide bonds. The Bertz CT molecular complexity index is 1460. The Hall–Kier alpha value is -3.68. The third-order valence-electron chi connectivity index (χ3n) is 8.16. The van der Waals surface area contributed by atoms with E-state index in [0.29, 0.717) is 53.9 Å². The number of carboxylic acids is 1. The number of ether oxygens (including phenoxy) is 2. The van der Waals surface area contributed by atoms with Crippen molar-refractivity contribution in [3.8, 4) is 0 Å². The highest BCUT2D eigenvalue weighted by atomic mass is 32.1. The lowest BCUT2D eigenvalue weighted by molar-refractivity contribution is -0.151. The number of fused-ring (bicyclic) bond motifs is 1. The smallest absolute Gasteiger partial charge is 0.338 e. The number of benzene rings is 1. The Labute approximate surface area is 253 Å². The van der Waals surface area contributed by atoms with E-state index >= 15 is 0 Å². The van der Waals surface area contributed by atoms with E-state index in [2.05, 4.69) is 15.2 Å². The second-order valence-electron chi connectivity index (χ2n) is 11.5. The summed E-state index contributed by atoms with van der Waals surface area (Å²) in [5.74, 6) is -1.75. The number of amidine groups is 1. The lowest BCUT2D eigenvalue weighted by Crippen LogP contribution is -2.53. The largest absolute Gasteiger partial charge is 0.481 e. The van der Waals surface area contributed by atoms with Crippen molar-refractivity contribution < 1.29 is 33.4 Å². The van der Waals surface area contributed by atoms with Crippen LogP contribution in [-0.4, -0.2) is 95.1 Å². The number of rotatable bonds is 9. The maximum absolute atomic E-state index is 14.8. The molecule has 230 valence electrons. The average Bonchev–Trinajstić information content (AvgIpc) is 3.65. The molecule has 2 fully saturated rings. The Morgan fingerprint density at radius 1 is 1.28 bits per heavy atom. The van der Waals surface area contributed by atoms with Crippen molar-refractivity contribution in [3.05, 3.63) is 63.0 Å². The number of nitrogens with zero attached hydrogens (tertiary/aromatic N) is 4. The molecule has 3 atom stereocenters. The average molecular weight is 614 g/mol. The van der Waals surface area contributed by atoms with Crippen molar-refractivity contribution in [2.75, 3.05) is 39.4 Å². The van der Waals surface area contributed by atoms with Crippen LogP contribution in [-0.2, 0) is 23.9 Å². The summed E-state index contributed by atoms with van der Waals surface area (Å²) in [6, 6.07) is 3.72. The highest BCUT2D eigenvalue weighted by Gasteiger charge is 2.44. The number of aliphatic carboxylic acids is 1. The van der Waals surface area contributed by atoms with Crippen molar-refractivity contribution >= 4 is 35.0 Å². The van der Waals surface area contributed by atoms with Crippen molar-refractivity contribution in [1.82, 2.24) is 20.1 Å². The zero-order valence-electron chi connectivity index (χ0n) is 24.6. The van der Waals surface area contributed by atoms with Crippen LogP contribution >= 0.6 is 11.3 Å². The molecule has 0 aliphatic carbocycles. The number of aliphatic imine (C=N–C) groups is 1. The highest BCUT2D eigenvalue weighted by Crippen LogP contribution is 2.36. The molecule has 4 heterocycles. The van der Waals surface area contributed by atoms with E-state index in [9.17, 15) is 23.9 Å². The van der Waals surface area contributed by atoms with Gasteiger partial charge in [-0.3, -0.25) is 19.5 Å². The first-order valence-corrected chi connectivity index (χ1v) is 15.1. The van der Waals surface area contributed by atoms with E-state index in [-0.39, 0.29) is 43.2 Å². The van der Waals surface area contributed by atoms with Crippen LogP contribution in [0.2, 0.25) is 0 Å². The maximum atomic E-state index is 14.8. The van der Waals surface area contributed by atoms with Gasteiger partial charge in [0.25, 0.3) is 0 Å². The van der Waals surface area contributed by atoms with Crippen LogP contribution in [0, 0.1) is 18.2 Å². The molecule has 5 rings (SSSR count). The summed E-state index contributed by atoms with van der Waals surface area (Å²) in [4.78, 5) is 51.4. The van der Waals surface area contributed by atoms with Gasteiger partial charge in [0, 0.05) is 49.9 Å². The van der Waals surface area contributed by atoms with Crippen LogP contribution in [0.5, 0.6) is 0 Å². The van der Waals surface area contributed by atoms with E-state index in [1.54, 1.807) is 37.1 Å². The SMILES string of the molecule is CCOC(=O)C1=C(CN2CCO[C@H]3CN(C(=O)CC(C)(C)C(=O)O)C[C@H]32)NC(c2nccs2)=NC1c1cccc(F)c1C. The van der Waals surface area contributed by atoms with E-state index < -0.39 is 29.2 Å². The fourth-order valence-electron chi connectivity index (χ4n) is 5.69. The van der Waals surface area contributed by atoms with Crippen LogP contribution in [0.25, 0.3) is 0 Å². The molecule has 0 spiro atoms. The van der Waals surface area contributed by atoms with Crippen molar-refractivity contribution in [3.63, 3.8) is 0 Å². The molecule has 0 radical (unpaired) electrons. The minimum atomic E-state index is -1.19. The van der Waals surface area contributed by atoms with Gasteiger partial charge in [-0.1, -0.05) is 12.1 Å². The summed E-state index contributed by atoms with van der Waals surface area (Å²) in [5.41, 5.74) is 0.595. The van der Waals surface area contributed by atoms with Gasteiger partial charge >= 0.3 is 11.9 Å². The first kappa shape index (κ1) is 30.8. The third-order valence-corrected chi connectivity index (χ3v) is 8.94. The summed E-state index contributed by atoms with van der Waals surface area (Å²) < 4.78 is 26.3. The van der Waals surface area contributed by atoms with Gasteiger partial charge in [0.2, 0.25) is 5.91 Å².